The Bertz CT molecular complexity index is 944. The number of phosphoric acid groups is 2. The maximum absolute atomic E-state index is 11.5. The van der Waals surface area contributed by atoms with Crippen LogP contribution in [-0.2, 0) is 22.7 Å². The van der Waals surface area contributed by atoms with Crippen LogP contribution in [0.2, 0.25) is 0 Å². The molecular formula is C10H17N5Na2O11P2. The number of fused-ring (bicyclic) bond motifs is 1. The Morgan fingerprint density at radius 3 is 2.37 bits per heavy atom. The molecule has 2 aromatic rings. The normalized spacial score (nSPS) is 25.6. The number of aliphatic hydroxyl groups excluding tert-OH is 2. The van der Waals surface area contributed by atoms with Crippen LogP contribution in [0.5, 0.6) is 0 Å². The number of nitrogens with two attached hydrogens (primary N) is 1. The summed E-state index contributed by atoms with van der Waals surface area (Å²) < 4.78 is 36.8. The second kappa shape index (κ2) is 11.5. The monoisotopic (exact) mass is 491 g/mol. The molecule has 30 heavy (non-hydrogen) atoms. The van der Waals surface area contributed by atoms with Gasteiger partial charge in [-0.3, -0.25) is 9.09 Å². The fourth-order valence-electron chi connectivity index (χ4n) is 2.48. The van der Waals surface area contributed by atoms with Gasteiger partial charge in [0.2, 0.25) is 0 Å². The van der Waals surface area contributed by atoms with E-state index in [0.29, 0.717) is 0 Å². The largest absolute Gasteiger partial charge is 0.481 e. The van der Waals surface area contributed by atoms with E-state index in [-0.39, 0.29) is 81.6 Å². The number of nitrogen functional groups attached to an aromatic ring is 1. The number of phosphoric ester groups is 1. The number of nitrogens with zero attached hydrogens (tertiary/aromatic N) is 4. The summed E-state index contributed by atoms with van der Waals surface area (Å²) in [5.74, 6) is 0.0856. The summed E-state index contributed by atoms with van der Waals surface area (Å²) in [7, 11) is -10.4. The van der Waals surface area contributed by atoms with Crippen molar-refractivity contribution in [2.45, 2.75) is 24.5 Å². The van der Waals surface area contributed by atoms with E-state index in [1.807, 2.05) is 0 Å². The van der Waals surface area contributed by atoms with Gasteiger partial charge in [0.05, 0.1) is 12.9 Å². The van der Waals surface area contributed by atoms with Gasteiger partial charge in [-0.05, 0) is 0 Å². The molecule has 1 aliphatic heterocycles. The number of hydrogen-bond acceptors (Lipinski definition) is 11. The molecule has 0 spiro atoms. The van der Waals surface area contributed by atoms with Crippen molar-refractivity contribution in [2.24, 2.45) is 0 Å². The molecule has 3 rings (SSSR count). The Morgan fingerprint density at radius 2 is 1.77 bits per heavy atom. The van der Waals surface area contributed by atoms with E-state index in [4.69, 9.17) is 20.3 Å². The van der Waals surface area contributed by atoms with Crippen molar-refractivity contribution >= 4 is 91.7 Å². The third kappa shape index (κ3) is 6.97. The Kier molecular flexibility index (Phi) is 11.7. The number of rotatable bonds is 6. The number of aliphatic hydroxyl groups is 2. The molecule has 2 radical (unpaired) electrons. The fraction of sp³-hybridized carbons (Fsp3) is 0.500. The summed E-state index contributed by atoms with van der Waals surface area (Å²) in [6.07, 6.45) is -3.20. The predicted molar refractivity (Wildman–Crippen MR) is 99.7 cm³/mol. The molecule has 0 amide bonds. The van der Waals surface area contributed by atoms with Gasteiger partial charge in [-0.1, -0.05) is 0 Å². The average molecular weight is 491 g/mol. The van der Waals surface area contributed by atoms with Crippen LogP contribution in [0, 0.1) is 0 Å². The number of imidazole rings is 1. The van der Waals surface area contributed by atoms with Crippen molar-refractivity contribution in [3.05, 3.63) is 12.7 Å². The van der Waals surface area contributed by atoms with Crippen molar-refractivity contribution in [3.8, 4) is 0 Å². The minimum atomic E-state index is -5.29. The molecule has 1 unspecified atom stereocenters. The van der Waals surface area contributed by atoms with Crippen LogP contribution < -0.4 is 5.73 Å². The number of ether oxygens (including phenoxy) is 1. The quantitative estimate of drug-likeness (QED) is 0.170. The van der Waals surface area contributed by atoms with E-state index in [1.54, 1.807) is 0 Å². The molecule has 0 saturated carbocycles. The Labute approximate surface area is 212 Å². The summed E-state index contributed by atoms with van der Waals surface area (Å²) in [5, 5.41) is 20.3. The molecule has 1 saturated heterocycles. The van der Waals surface area contributed by atoms with Crippen LogP contribution in [0.4, 0.5) is 5.82 Å². The number of aromatic nitrogens is 4. The second-order valence-electron chi connectivity index (χ2n) is 5.47. The van der Waals surface area contributed by atoms with Gasteiger partial charge in [-0.15, -0.1) is 0 Å². The minimum absolute atomic E-state index is 0. The molecule has 0 bridgehead atoms. The molecule has 2 aromatic heterocycles. The predicted octanol–water partition coefficient (Wildman–Crippen LogP) is -3.33. The molecule has 16 nitrogen and oxygen atoms in total. The molecule has 5 atom stereocenters. The topological polar surface area (TPSA) is 264 Å². The molecule has 0 aromatic carbocycles. The van der Waals surface area contributed by atoms with E-state index in [9.17, 15) is 24.2 Å². The first-order valence-electron chi connectivity index (χ1n) is 7.17. The Hall–Kier alpha value is 0.450. The molecule has 1 fully saturated rings. The molecule has 20 heteroatoms. The first-order chi connectivity index (χ1) is 12.5. The van der Waals surface area contributed by atoms with Gasteiger partial charge in [0.25, 0.3) is 0 Å². The Morgan fingerprint density at radius 1 is 1.13 bits per heavy atom. The molecule has 1 aliphatic rings. The van der Waals surface area contributed by atoms with E-state index < -0.39 is 46.8 Å². The van der Waals surface area contributed by atoms with E-state index >= 15 is 0 Å². The average Bonchev–Trinajstić information content (AvgIpc) is 3.07. The van der Waals surface area contributed by atoms with E-state index in [0.717, 1.165) is 6.33 Å². The van der Waals surface area contributed by atoms with Gasteiger partial charge in [0.15, 0.2) is 17.7 Å². The Balaban J connectivity index is 0.00000280. The van der Waals surface area contributed by atoms with Crippen LogP contribution in [0.1, 0.15) is 6.23 Å². The third-order valence-electron chi connectivity index (χ3n) is 3.61. The van der Waals surface area contributed by atoms with Crippen LogP contribution in [0.15, 0.2) is 12.7 Å². The van der Waals surface area contributed by atoms with Gasteiger partial charge in [0, 0.05) is 59.1 Å². The van der Waals surface area contributed by atoms with Gasteiger partial charge in [0.1, 0.15) is 30.2 Å². The second-order valence-corrected chi connectivity index (χ2v) is 8.30. The van der Waals surface area contributed by atoms with Crippen molar-refractivity contribution in [1.82, 2.24) is 19.5 Å². The smallest absolute Gasteiger partial charge is 0.412 e. The van der Waals surface area contributed by atoms with Gasteiger partial charge in [-0.2, -0.15) is 4.31 Å². The molecule has 0 aliphatic carbocycles. The minimum Gasteiger partial charge on any atom is -0.412 e. The fourth-order valence-corrected chi connectivity index (χ4v) is 4.08. The van der Waals surface area contributed by atoms with Crippen LogP contribution in [-0.4, -0.2) is 134 Å². The van der Waals surface area contributed by atoms with Crippen LogP contribution in [0.3, 0.4) is 0 Å². The molecule has 3 heterocycles. The third-order valence-corrected chi connectivity index (χ3v) is 5.76. The van der Waals surface area contributed by atoms with Crippen molar-refractivity contribution in [2.75, 3.05) is 12.3 Å². The first kappa shape index (κ1) is 30.4. The van der Waals surface area contributed by atoms with Gasteiger partial charge < -0.3 is 40.8 Å². The van der Waals surface area contributed by atoms with E-state index in [2.05, 4.69) is 23.8 Å². The summed E-state index contributed by atoms with van der Waals surface area (Å²) >= 11 is 0. The van der Waals surface area contributed by atoms with Crippen molar-refractivity contribution in [3.63, 3.8) is 0 Å². The van der Waals surface area contributed by atoms with Crippen molar-refractivity contribution < 1.29 is 53.1 Å². The van der Waals surface area contributed by atoms with Crippen molar-refractivity contribution in [1.29, 1.82) is 0 Å². The molecular weight excluding hydrogens is 474 g/mol. The maximum Gasteiger partial charge on any atom is 0.481 e. The number of hydrogen-bond donors (Lipinski definition) is 6. The van der Waals surface area contributed by atoms with Crippen LogP contribution >= 0.6 is 15.6 Å². The SMILES string of the molecule is Nc1ncnc2c1ncn2[C@@H]1O[C@H](COP(=O)(O)OP(=O)(O)O)[C@@H](O)[C@H]1O.O.[Na].[Na]. The summed E-state index contributed by atoms with van der Waals surface area (Å²) in [5.41, 5.74) is 6.11. The summed E-state index contributed by atoms with van der Waals surface area (Å²) in [6, 6.07) is 0. The summed E-state index contributed by atoms with van der Waals surface area (Å²) in [4.78, 5) is 38.1. The standard InChI is InChI=1S/C10H15N5O10P2.2Na.H2O/c11-8-5-9(13-2-12-8)15(3-14-5)10-7(17)6(16)4(24-10)1-23-27(21,22)25-26(18,19)20;;;/h2-4,6-7,10,16-17H,1H2,(H,21,22)(H2,11,12,13)(H2,18,19,20);;;1H2/t4-,6-,7-,10-;;;/m1.../s1. The van der Waals surface area contributed by atoms with E-state index in [1.165, 1.54) is 10.9 Å². The zero-order chi connectivity index (χ0) is 20.0. The zero-order valence-electron chi connectivity index (χ0n) is 15.7. The summed E-state index contributed by atoms with van der Waals surface area (Å²) in [6.45, 7) is -0.813. The molecule has 9 N–H and O–H groups in total. The maximum atomic E-state index is 11.5. The van der Waals surface area contributed by atoms with Gasteiger partial charge >= 0.3 is 15.6 Å². The zero-order valence-corrected chi connectivity index (χ0v) is 21.5. The van der Waals surface area contributed by atoms with Crippen LogP contribution in [0.25, 0.3) is 11.2 Å². The first-order valence-corrected chi connectivity index (χ1v) is 10.2. The van der Waals surface area contributed by atoms with Gasteiger partial charge in [-0.25, -0.2) is 24.1 Å². The number of anilines is 1. The molecule has 160 valence electrons.